The summed E-state index contributed by atoms with van der Waals surface area (Å²) in [6, 6.07) is 5.24. The van der Waals surface area contributed by atoms with Crippen molar-refractivity contribution in [1.29, 1.82) is 0 Å². The smallest absolute Gasteiger partial charge is 0.407 e. The number of anilines is 2. The largest absolute Gasteiger partial charge is 0.446 e. The maximum Gasteiger partial charge on any atom is 0.407 e. The van der Waals surface area contributed by atoms with Crippen LogP contribution in [0.3, 0.4) is 0 Å². The lowest BCUT2D eigenvalue weighted by Gasteiger charge is -2.14. The quantitative estimate of drug-likeness (QED) is 0.379. The first kappa shape index (κ1) is 24.0. The Hall–Kier alpha value is -2.70. The van der Waals surface area contributed by atoms with Crippen molar-refractivity contribution in [2.45, 2.75) is 56.1 Å². The van der Waals surface area contributed by atoms with Gasteiger partial charge < -0.3 is 20.5 Å². The van der Waals surface area contributed by atoms with E-state index in [-0.39, 0.29) is 41.8 Å². The third-order valence-electron chi connectivity index (χ3n) is 5.02. The number of alkyl carbamates (subject to hydrolysis) is 1. The zero-order chi connectivity index (χ0) is 23.3. The van der Waals surface area contributed by atoms with Crippen molar-refractivity contribution in [1.82, 2.24) is 20.2 Å². The van der Waals surface area contributed by atoms with E-state index in [2.05, 4.69) is 25.6 Å². The number of aromatic amines is 1. The molecular formula is C20H28FN5O5S. The molecule has 1 aromatic heterocycles. The lowest BCUT2D eigenvalue weighted by molar-refractivity contribution is 0.0981. The highest BCUT2D eigenvalue weighted by molar-refractivity contribution is 7.89. The highest BCUT2D eigenvalue weighted by atomic mass is 32.2. The minimum absolute atomic E-state index is 0.00677. The Labute approximate surface area is 186 Å². The highest BCUT2D eigenvalue weighted by Gasteiger charge is 2.30. The SMILES string of the molecule is CC(C)NC(=O)OC1CCC(c2cc(Nc3ccc(S(=O)(=O)NCCO)cc3F)n[nH]2)C1. The van der Waals surface area contributed by atoms with Gasteiger partial charge in [-0.1, -0.05) is 0 Å². The third kappa shape index (κ3) is 6.17. The van der Waals surface area contributed by atoms with Crippen LogP contribution in [0, 0.1) is 5.82 Å². The number of hydrogen-bond acceptors (Lipinski definition) is 7. The standard InChI is InChI=1S/C20H28FN5O5S/c1-12(2)23-20(28)31-14-4-3-13(9-14)18-11-19(26-25-18)24-17-6-5-15(10-16(17)21)32(29,30)22-7-8-27/h5-6,10-14,22,27H,3-4,7-9H2,1-2H3,(H,23,28)(H2,24,25,26). The Morgan fingerprint density at radius 2 is 2.12 bits per heavy atom. The number of halogens is 1. The van der Waals surface area contributed by atoms with Gasteiger partial charge in [0.1, 0.15) is 11.9 Å². The van der Waals surface area contributed by atoms with Gasteiger partial charge in [0.2, 0.25) is 10.0 Å². The monoisotopic (exact) mass is 469 g/mol. The molecule has 2 unspecified atom stereocenters. The number of H-pyrrole nitrogens is 1. The Balaban J connectivity index is 1.60. The Morgan fingerprint density at radius 3 is 2.81 bits per heavy atom. The number of ether oxygens (including phenoxy) is 1. The first-order valence-corrected chi connectivity index (χ1v) is 11.9. The molecular weight excluding hydrogens is 441 g/mol. The zero-order valence-electron chi connectivity index (χ0n) is 17.9. The van der Waals surface area contributed by atoms with E-state index in [1.807, 2.05) is 13.8 Å². The van der Waals surface area contributed by atoms with Crippen molar-refractivity contribution in [3.63, 3.8) is 0 Å². The summed E-state index contributed by atoms with van der Waals surface area (Å²) in [5, 5.41) is 21.4. The van der Waals surface area contributed by atoms with E-state index < -0.39 is 21.9 Å². The second-order valence-corrected chi connectivity index (χ2v) is 9.70. The average Bonchev–Trinajstić information content (AvgIpc) is 3.36. The summed E-state index contributed by atoms with van der Waals surface area (Å²) in [7, 11) is -3.90. The molecule has 1 amide bonds. The fourth-order valence-corrected chi connectivity index (χ4v) is 4.56. The van der Waals surface area contributed by atoms with Gasteiger partial charge in [0, 0.05) is 30.3 Å². The summed E-state index contributed by atoms with van der Waals surface area (Å²) in [6.45, 7) is 3.21. The fraction of sp³-hybridized carbons (Fsp3) is 0.500. The molecule has 32 heavy (non-hydrogen) atoms. The van der Waals surface area contributed by atoms with E-state index in [0.717, 1.165) is 24.6 Å². The average molecular weight is 470 g/mol. The van der Waals surface area contributed by atoms with Gasteiger partial charge >= 0.3 is 6.09 Å². The molecule has 176 valence electrons. The van der Waals surface area contributed by atoms with Crippen LogP contribution in [0.15, 0.2) is 29.2 Å². The molecule has 1 aromatic carbocycles. The lowest BCUT2D eigenvalue weighted by Crippen LogP contribution is -2.33. The summed E-state index contributed by atoms with van der Waals surface area (Å²) in [5.41, 5.74) is 0.915. The van der Waals surface area contributed by atoms with Crippen LogP contribution in [0.5, 0.6) is 0 Å². The van der Waals surface area contributed by atoms with Crippen LogP contribution < -0.4 is 15.4 Å². The van der Waals surface area contributed by atoms with Crippen molar-refractivity contribution in [2.75, 3.05) is 18.5 Å². The Kier molecular flexibility index (Phi) is 7.69. The number of amides is 1. The Bertz CT molecular complexity index is 1040. The number of aliphatic hydroxyl groups is 1. The third-order valence-corrected chi connectivity index (χ3v) is 6.48. The number of rotatable bonds is 9. The fourth-order valence-electron chi connectivity index (χ4n) is 3.53. The number of aliphatic hydroxyl groups excluding tert-OH is 1. The van der Waals surface area contributed by atoms with Crippen molar-refractivity contribution in [3.8, 4) is 0 Å². The minimum Gasteiger partial charge on any atom is -0.446 e. The molecule has 0 spiro atoms. The molecule has 1 fully saturated rings. The molecule has 1 aliphatic carbocycles. The van der Waals surface area contributed by atoms with E-state index in [1.54, 1.807) is 6.07 Å². The van der Waals surface area contributed by atoms with Crippen molar-refractivity contribution < 1.29 is 27.4 Å². The molecule has 2 aromatic rings. The van der Waals surface area contributed by atoms with Crippen LogP contribution in [0.1, 0.15) is 44.7 Å². The van der Waals surface area contributed by atoms with Gasteiger partial charge in [0.25, 0.3) is 0 Å². The van der Waals surface area contributed by atoms with Crippen LogP contribution in [-0.4, -0.2) is 55.1 Å². The van der Waals surface area contributed by atoms with Gasteiger partial charge in [0.05, 0.1) is 17.2 Å². The molecule has 0 aliphatic heterocycles. The maximum absolute atomic E-state index is 14.5. The van der Waals surface area contributed by atoms with Crippen LogP contribution >= 0.6 is 0 Å². The molecule has 3 rings (SSSR count). The van der Waals surface area contributed by atoms with Crippen LogP contribution in [0.2, 0.25) is 0 Å². The number of aromatic nitrogens is 2. The molecule has 2 atom stereocenters. The molecule has 5 N–H and O–H groups in total. The normalized spacial score (nSPS) is 18.7. The number of hydrogen-bond donors (Lipinski definition) is 5. The van der Waals surface area contributed by atoms with Gasteiger partial charge in [-0.05, 0) is 51.3 Å². The second-order valence-electron chi connectivity index (χ2n) is 7.93. The second kappa shape index (κ2) is 10.3. The number of sulfonamides is 1. The molecule has 10 nitrogen and oxygen atoms in total. The van der Waals surface area contributed by atoms with Gasteiger partial charge in [-0.15, -0.1) is 0 Å². The lowest BCUT2D eigenvalue weighted by atomic mass is 10.0. The summed E-state index contributed by atoms with van der Waals surface area (Å²) in [6.07, 6.45) is 1.63. The molecule has 0 saturated heterocycles. The molecule has 0 bridgehead atoms. The van der Waals surface area contributed by atoms with E-state index in [1.165, 1.54) is 12.1 Å². The summed E-state index contributed by atoms with van der Waals surface area (Å²) < 4.78 is 46.2. The number of carbonyl (C=O) groups excluding carboxylic acids is 1. The number of benzene rings is 1. The van der Waals surface area contributed by atoms with E-state index in [9.17, 15) is 17.6 Å². The van der Waals surface area contributed by atoms with E-state index >= 15 is 0 Å². The first-order chi connectivity index (χ1) is 15.2. The van der Waals surface area contributed by atoms with Crippen molar-refractivity contribution in [3.05, 3.63) is 35.8 Å². The number of nitrogens with zero attached hydrogens (tertiary/aromatic N) is 1. The molecule has 12 heteroatoms. The predicted molar refractivity (Wildman–Crippen MR) is 116 cm³/mol. The van der Waals surface area contributed by atoms with Gasteiger partial charge in [-0.3, -0.25) is 5.10 Å². The van der Waals surface area contributed by atoms with Crippen LogP contribution in [0.25, 0.3) is 0 Å². The molecule has 1 saturated carbocycles. The summed E-state index contributed by atoms with van der Waals surface area (Å²) >= 11 is 0. The predicted octanol–water partition coefficient (Wildman–Crippen LogP) is 2.33. The van der Waals surface area contributed by atoms with Gasteiger partial charge in [-0.25, -0.2) is 22.3 Å². The number of nitrogens with one attached hydrogen (secondary N) is 4. The Morgan fingerprint density at radius 1 is 1.34 bits per heavy atom. The van der Waals surface area contributed by atoms with E-state index in [0.29, 0.717) is 12.2 Å². The van der Waals surface area contributed by atoms with Crippen molar-refractivity contribution in [2.24, 2.45) is 0 Å². The van der Waals surface area contributed by atoms with Gasteiger partial charge in [-0.2, -0.15) is 5.10 Å². The van der Waals surface area contributed by atoms with E-state index in [4.69, 9.17) is 9.84 Å². The van der Waals surface area contributed by atoms with Crippen LogP contribution in [-0.2, 0) is 14.8 Å². The van der Waals surface area contributed by atoms with Crippen LogP contribution in [0.4, 0.5) is 20.7 Å². The molecule has 0 radical (unpaired) electrons. The number of carbonyl (C=O) groups is 1. The topological polar surface area (TPSA) is 145 Å². The highest BCUT2D eigenvalue weighted by Crippen LogP contribution is 2.36. The zero-order valence-corrected chi connectivity index (χ0v) is 18.7. The summed E-state index contributed by atoms with van der Waals surface area (Å²) in [4.78, 5) is 11.5. The van der Waals surface area contributed by atoms with Gasteiger partial charge in [0.15, 0.2) is 5.82 Å². The van der Waals surface area contributed by atoms with Crippen molar-refractivity contribution >= 4 is 27.6 Å². The minimum atomic E-state index is -3.90. The summed E-state index contributed by atoms with van der Waals surface area (Å²) in [5.74, 6) is -0.244. The first-order valence-electron chi connectivity index (χ1n) is 10.4. The molecule has 1 aliphatic rings. The molecule has 1 heterocycles. The maximum atomic E-state index is 14.5.